The van der Waals surface area contributed by atoms with Gasteiger partial charge in [0, 0.05) is 39.0 Å². The Bertz CT molecular complexity index is 360. The minimum Gasteiger partial charge on any atom is -0.381 e. The first-order valence-electron chi connectivity index (χ1n) is 9.26. The van der Waals surface area contributed by atoms with Crippen molar-refractivity contribution in [1.82, 2.24) is 15.5 Å². The average molecular weight is 325 g/mol. The molecule has 0 saturated carbocycles. The zero-order chi connectivity index (χ0) is 15.9. The van der Waals surface area contributed by atoms with Crippen molar-refractivity contribution < 1.29 is 14.3 Å². The molecule has 3 rings (SSSR count). The summed E-state index contributed by atoms with van der Waals surface area (Å²) in [4.78, 5) is 14.5. The molecule has 3 aliphatic heterocycles. The minimum absolute atomic E-state index is 0.0487. The third kappa shape index (κ3) is 5.33. The van der Waals surface area contributed by atoms with Crippen LogP contribution in [0.3, 0.4) is 0 Å². The summed E-state index contributed by atoms with van der Waals surface area (Å²) in [5.74, 6) is 0.611. The molecule has 6 nitrogen and oxygen atoms in total. The van der Waals surface area contributed by atoms with Crippen LogP contribution in [0.25, 0.3) is 0 Å². The molecule has 0 aromatic rings. The van der Waals surface area contributed by atoms with E-state index in [9.17, 15) is 4.79 Å². The van der Waals surface area contributed by atoms with Crippen molar-refractivity contribution in [3.63, 3.8) is 0 Å². The van der Waals surface area contributed by atoms with Gasteiger partial charge in [-0.2, -0.15) is 0 Å². The lowest BCUT2D eigenvalue weighted by Crippen LogP contribution is -2.47. The second-order valence-corrected chi connectivity index (χ2v) is 7.05. The van der Waals surface area contributed by atoms with Gasteiger partial charge < -0.3 is 25.0 Å². The average Bonchev–Trinajstić information content (AvgIpc) is 3.13. The number of rotatable bonds is 5. The van der Waals surface area contributed by atoms with Crippen LogP contribution >= 0.6 is 0 Å². The third-order valence-corrected chi connectivity index (χ3v) is 5.42. The molecular formula is C17H31N3O3. The zero-order valence-corrected chi connectivity index (χ0v) is 14.1. The van der Waals surface area contributed by atoms with Gasteiger partial charge in [0.1, 0.15) is 0 Å². The number of amides is 2. The molecule has 2 N–H and O–H groups in total. The van der Waals surface area contributed by atoms with Gasteiger partial charge >= 0.3 is 6.03 Å². The maximum atomic E-state index is 11.9. The Morgan fingerprint density at radius 1 is 0.957 bits per heavy atom. The second-order valence-electron chi connectivity index (χ2n) is 7.05. The van der Waals surface area contributed by atoms with E-state index < -0.39 is 0 Å². The fraction of sp³-hybridized carbons (Fsp3) is 0.941. The molecule has 3 saturated heterocycles. The van der Waals surface area contributed by atoms with Gasteiger partial charge in [0.2, 0.25) is 0 Å². The highest BCUT2D eigenvalue weighted by Gasteiger charge is 2.26. The number of carbonyl (C=O) groups is 1. The smallest absolute Gasteiger partial charge is 0.314 e. The molecule has 1 unspecified atom stereocenters. The SMILES string of the molecule is O=C(NCC1CCN(C2CCOCC2)CC1)NCC1CCCO1. The lowest BCUT2D eigenvalue weighted by molar-refractivity contribution is 0.0213. The summed E-state index contributed by atoms with van der Waals surface area (Å²) < 4.78 is 11.0. The zero-order valence-electron chi connectivity index (χ0n) is 14.1. The van der Waals surface area contributed by atoms with E-state index in [2.05, 4.69) is 15.5 Å². The largest absolute Gasteiger partial charge is 0.381 e. The van der Waals surface area contributed by atoms with E-state index in [4.69, 9.17) is 9.47 Å². The van der Waals surface area contributed by atoms with E-state index in [1.807, 2.05) is 0 Å². The van der Waals surface area contributed by atoms with Gasteiger partial charge in [0.15, 0.2) is 0 Å². The maximum Gasteiger partial charge on any atom is 0.314 e. The van der Waals surface area contributed by atoms with Crippen LogP contribution in [-0.4, -0.2) is 69.1 Å². The van der Waals surface area contributed by atoms with Gasteiger partial charge in [-0.15, -0.1) is 0 Å². The molecular weight excluding hydrogens is 294 g/mol. The van der Waals surface area contributed by atoms with Gasteiger partial charge in [-0.05, 0) is 57.5 Å². The number of carbonyl (C=O) groups excluding carboxylic acids is 1. The molecule has 3 aliphatic rings. The number of likely N-dealkylation sites (tertiary alicyclic amines) is 1. The van der Waals surface area contributed by atoms with Crippen molar-refractivity contribution in [2.45, 2.75) is 50.7 Å². The van der Waals surface area contributed by atoms with Crippen LogP contribution in [0.2, 0.25) is 0 Å². The Balaban J connectivity index is 1.27. The van der Waals surface area contributed by atoms with E-state index >= 15 is 0 Å². The third-order valence-electron chi connectivity index (χ3n) is 5.42. The van der Waals surface area contributed by atoms with Gasteiger partial charge in [0.05, 0.1) is 6.10 Å². The normalized spacial score (nSPS) is 27.9. The van der Waals surface area contributed by atoms with Gasteiger partial charge in [-0.3, -0.25) is 0 Å². The molecule has 132 valence electrons. The molecule has 3 heterocycles. The number of ether oxygens (including phenoxy) is 2. The lowest BCUT2D eigenvalue weighted by Gasteiger charge is -2.39. The molecule has 0 aromatic carbocycles. The van der Waals surface area contributed by atoms with Gasteiger partial charge in [-0.1, -0.05) is 0 Å². The Hall–Kier alpha value is -0.850. The highest BCUT2D eigenvalue weighted by Crippen LogP contribution is 2.22. The van der Waals surface area contributed by atoms with Crippen LogP contribution in [0.1, 0.15) is 38.5 Å². The molecule has 0 spiro atoms. The highest BCUT2D eigenvalue weighted by atomic mass is 16.5. The molecule has 6 heteroatoms. The summed E-state index contributed by atoms with van der Waals surface area (Å²) in [7, 11) is 0. The van der Waals surface area contributed by atoms with Crippen molar-refractivity contribution in [3.8, 4) is 0 Å². The van der Waals surface area contributed by atoms with Crippen LogP contribution in [0.5, 0.6) is 0 Å². The highest BCUT2D eigenvalue weighted by molar-refractivity contribution is 5.73. The molecule has 0 aliphatic carbocycles. The fourth-order valence-corrected chi connectivity index (χ4v) is 3.88. The molecule has 0 radical (unpaired) electrons. The van der Waals surface area contributed by atoms with Gasteiger partial charge in [-0.25, -0.2) is 4.79 Å². The van der Waals surface area contributed by atoms with Crippen molar-refractivity contribution in [2.24, 2.45) is 5.92 Å². The van der Waals surface area contributed by atoms with E-state index in [-0.39, 0.29) is 12.1 Å². The predicted octanol–water partition coefficient (Wildman–Crippen LogP) is 1.36. The lowest BCUT2D eigenvalue weighted by atomic mass is 9.94. The van der Waals surface area contributed by atoms with Crippen molar-refractivity contribution in [2.75, 3.05) is 46.0 Å². The monoisotopic (exact) mass is 325 g/mol. The summed E-state index contributed by atoms with van der Waals surface area (Å²) in [6, 6.07) is 0.666. The predicted molar refractivity (Wildman–Crippen MR) is 88.5 cm³/mol. The number of piperidine rings is 1. The Morgan fingerprint density at radius 3 is 2.39 bits per heavy atom. The number of hydrogen-bond donors (Lipinski definition) is 2. The van der Waals surface area contributed by atoms with Crippen LogP contribution in [0, 0.1) is 5.92 Å². The van der Waals surface area contributed by atoms with Crippen LogP contribution < -0.4 is 10.6 Å². The molecule has 3 fully saturated rings. The number of nitrogens with one attached hydrogen (secondary N) is 2. The molecule has 0 bridgehead atoms. The molecule has 23 heavy (non-hydrogen) atoms. The van der Waals surface area contributed by atoms with Crippen LogP contribution in [0.15, 0.2) is 0 Å². The van der Waals surface area contributed by atoms with Crippen LogP contribution in [0.4, 0.5) is 4.79 Å². The Labute approximate surface area is 139 Å². The fourth-order valence-electron chi connectivity index (χ4n) is 3.88. The van der Waals surface area contributed by atoms with Crippen molar-refractivity contribution in [3.05, 3.63) is 0 Å². The van der Waals surface area contributed by atoms with Crippen LogP contribution in [-0.2, 0) is 9.47 Å². The van der Waals surface area contributed by atoms with Crippen molar-refractivity contribution >= 4 is 6.03 Å². The topological polar surface area (TPSA) is 62.8 Å². The summed E-state index contributed by atoms with van der Waals surface area (Å²) in [5, 5.41) is 5.95. The number of hydrogen-bond acceptors (Lipinski definition) is 4. The first-order chi connectivity index (χ1) is 11.3. The standard InChI is InChI=1S/C17H31N3O3/c21-17(19-13-16-2-1-9-23-16)18-12-14-3-7-20(8-4-14)15-5-10-22-11-6-15/h14-16H,1-13H2,(H2,18,19,21). The van der Waals surface area contributed by atoms with E-state index in [0.717, 1.165) is 52.3 Å². The maximum absolute atomic E-state index is 11.9. The second kappa shape index (κ2) is 8.85. The van der Waals surface area contributed by atoms with E-state index in [0.29, 0.717) is 18.5 Å². The van der Waals surface area contributed by atoms with E-state index in [1.54, 1.807) is 0 Å². The summed E-state index contributed by atoms with van der Waals surface area (Å²) in [6.45, 7) is 6.41. The summed E-state index contributed by atoms with van der Waals surface area (Å²) in [5.41, 5.74) is 0. The van der Waals surface area contributed by atoms with Gasteiger partial charge in [0.25, 0.3) is 0 Å². The molecule has 0 aromatic heterocycles. The molecule has 2 amide bonds. The van der Waals surface area contributed by atoms with E-state index in [1.165, 1.54) is 25.7 Å². The quantitative estimate of drug-likeness (QED) is 0.801. The Morgan fingerprint density at radius 2 is 1.70 bits per heavy atom. The number of urea groups is 1. The summed E-state index contributed by atoms with van der Waals surface area (Å²) in [6.07, 6.45) is 7.10. The first-order valence-corrected chi connectivity index (χ1v) is 9.26. The Kier molecular flexibility index (Phi) is 6.54. The summed E-state index contributed by atoms with van der Waals surface area (Å²) >= 11 is 0. The number of nitrogens with zero attached hydrogens (tertiary/aromatic N) is 1. The molecule has 1 atom stereocenters. The minimum atomic E-state index is -0.0487. The first kappa shape index (κ1) is 17.0. The van der Waals surface area contributed by atoms with Crippen molar-refractivity contribution in [1.29, 1.82) is 0 Å².